The van der Waals surface area contributed by atoms with Gasteiger partial charge in [-0.05, 0) is 24.3 Å². The van der Waals surface area contributed by atoms with Crippen molar-refractivity contribution < 1.29 is 4.79 Å². The van der Waals surface area contributed by atoms with Gasteiger partial charge in [0.05, 0.1) is 5.69 Å². The summed E-state index contributed by atoms with van der Waals surface area (Å²) < 4.78 is 1.69. The van der Waals surface area contributed by atoms with Crippen LogP contribution in [0.25, 0.3) is 6.08 Å². The lowest BCUT2D eigenvalue weighted by Crippen LogP contribution is -2.08. The monoisotopic (exact) mass is 228 g/mol. The minimum Gasteiger partial charge on any atom is -0.307 e. The van der Waals surface area contributed by atoms with Crippen LogP contribution in [-0.4, -0.2) is 20.7 Å². The number of anilines is 1. The molecule has 0 atom stereocenters. The van der Waals surface area contributed by atoms with Crippen molar-refractivity contribution in [1.29, 1.82) is 0 Å². The highest BCUT2D eigenvalue weighted by Crippen LogP contribution is 2.02. The van der Waals surface area contributed by atoms with E-state index in [4.69, 9.17) is 0 Å². The van der Waals surface area contributed by atoms with Gasteiger partial charge in [0.25, 0.3) is 0 Å². The van der Waals surface area contributed by atoms with Gasteiger partial charge in [0, 0.05) is 25.5 Å². The standard InChI is InChI=1S/C12H12N4O/c1-16-10(7-9-14-16)5-6-12(17)15-11-4-2-3-8-13-11/h2-9H,1H3,(H,13,15,17)/b6-5+. The smallest absolute Gasteiger partial charge is 0.249 e. The number of nitrogens with zero attached hydrogens (tertiary/aromatic N) is 3. The van der Waals surface area contributed by atoms with Crippen molar-refractivity contribution >= 4 is 17.8 Å². The van der Waals surface area contributed by atoms with E-state index in [0.717, 1.165) is 5.69 Å². The number of carbonyl (C=O) groups excluding carboxylic acids is 1. The van der Waals surface area contributed by atoms with Crippen LogP contribution >= 0.6 is 0 Å². The minimum atomic E-state index is -0.218. The summed E-state index contributed by atoms with van der Waals surface area (Å²) in [6, 6.07) is 7.16. The Kier molecular flexibility index (Phi) is 3.30. The molecule has 2 rings (SSSR count). The molecule has 5 heteroatoms. The molecule has 1 N–H and O–H groups in total. The van der Waals surface area contributed by atoms with Gasteiger partial charge in [-0.3, -0.25) is 9.48 Å². The van der Waals surface area contributed by atoms with Crippen LogP contribution in [0.3, 0.4) is 0 Å². The van der Waals surface area contributed by atoms with Crippen LogP contribution in [0, 0.1) is 0 Å². The van der Waals surface area contributed by atoms with Crippen molar-refractivity contribution in [3.63, 3.8) is 0 Å². The third kappa shape index (κ3) is 3.01. The molecule has 0 aliphatic rings. The molecule has 2 heterocycles. The molecule has 0 aromatic carbocycles. The van der Waals surface area contributed by atoms with Crippen LogP contribution < -0.4 is 5.32 Å². The number of pyridine rings is 1. The first kappa shape index (κ1) is 11.1. The molecule has 0 saturated heterocycles. The van der Waals surface area contributed by atoms with E-state index in [-0.39, 0.29) is 5.91 Å². The Bertz CT molecular complexity index is 530. The molecule has 0 aliphatic carbocycles. The second kappa shape index (κ2) is 5.07. The molecule has 1 amide bonds. The van der Waals surface area contributed by atoms with E-state index in [0.29, 0.717) is 5.82 Å². The molecule has 0 spiro atoms. The maximum absolute atomic E-state index is 11.6. The number of rotatable bonds is 3. The fraction of sp³-hybridized carbons (Fsp3) is 0.0833. The number of hydrogen-bond donors (Lipinski definition) is 1. The fourth-order valence-electron chi connectivity index (χ4n) is 1.31. The Morgan fingerprint density at radius 3 is 2.88 bits per heavy atom. The van der Waals surface area contributed by atoms with Gasteiger partial charge in [0.2, 0.25) is 5.91 Å². The SMILES string of the molecule is Cn1nccc1/C=C/C(=O)Nc1ccccn1. The maximum Gasteiger partial charge on any atom is 0.249 e. The molecule has 0 saturated carbocycles. The molecule has 0 unspecified atom stereocenters. The van der Waals surface area contributed by atoms with Crippen LogP contribution in [0.4, 0.5) is 5.82 Å². The molecule has 0 radical (unpaired) electrons. The van der Waals surface area contributed by atoms with Gasteiger partial charge >= 0.3 is 0 Å². The molecule has 2 aromatic rings. The highest BCUT2D eigenvalue weighted by Gasteiger charge is 1.98. The fourth-order valence-corrected chi connectivity index (χ4v) is 1.31. The van der Waals surface area contributed by atoms with Gasteiger partial charge < -0.3 is 5.32 Å². The van der Waals surface area contributed by atoms with E-state index in [1.54, 1.807) is 35.3 Å². The molecule has 0 aliphatic heterocycles. The van der Waals surface area contributed by atoms with E-state index in [9.17, 15) is 4.79 Å². The Balaban J connectivity index is 1.99. The third-order valence-electron chi connectivity index (χ3n) is 2.18. The molecule has 2 aromatic heterocycles. The van der Waals surface area contributed by atoms with Crippen LogP contribution in [0.15, 0.2) is 42.7 Å². The summed E-state index contributed by atoms with van der Waals surface area (Å²) in [5, 5.41) is 6.66. The average molecular weight is 228 g/mol. The number of aromatic nitrogens is 3. The molecule has 5 nitrogen and oxygen atoms in total. The van der Waals surface area contributed by atoms with Crippen LogP contribution in [0.1, 0.15) is 5.69 Å². The Labute approximate surface area is 98.8 Å². The first-order valence-electron chi connectivity index (χ1n) is 5.14. The molecular weight excluding hydrogens is 216 g/mol. The van der Waals surface area contributed by atoms with E-state index in [2.05, 4.69) is 15.4 Å². The van der Waals surface area contributed by atoms with Gasteiger partial charge in [0.15, 0.2) is 0 Å². The summed E-state index contributed by atoms with van der Waals surface area (Å²) >= 11 is 0. The van der Waals surface area contributed by atoms with Crippen molar-refractivity contribution in [2.75, 3.05) is 5.32 Å². The summed E-state index contributed by atoms with van der Waals surface area (Å²) in [5.41, 5.74) is 0.862. The number of nitrogens with one attached hydrogen (secondary N) is 1. The topological polar surface area (TPSA) is 59.8 Å². The number of hydrogen-bond acceptors (Lipinski definition) is 3. The highest BCUT2D eigenvalue weighted by molar-refractivity contribution is 6.01. The number of aryl methyl sites for hydroxylation is 1. The van der Waals surface area contributed by atoms with Gasteiger partial charge in [0.1, 0.15) is 5.82 Å². The number of carbonyl (C=O) groups is 1. The summed E-state index contributed by atoms with van der Waals surface area (Å²) in [5.74, 6) is 0.317. The van der Waals surface area contributed by atoms with Crippen molar-refractivity contribution in [2.45, 2.75) is 0 Å². The first-order valence-corrected chi connectivity index (χ1v) is 5.14. The van der Waals surface area contributed by atoms with Gasteiger partial charge in [-0.1, -0.05) is 6.07 Å². The minimum absolute atomic E-state index is 0.218. The van der Waals surface area contributed by atoms with Crippen molar-refractivity contribution in [3.05, 3.63) is 48.4 Å². The van der Waals surface area contributed by atoms with Gasteiger partial charge in [-0.2, -0.15) is 5.10 Å². The largest absolute Gasteiger partial charge is 0.307 e. The van der Waals surface area contributed by atoms with Crippen molar-refractivity contribution in [3.8, 4) is 0 Å². The van der Waals surface area contributed by atoms with Crippen LogP contribution in [-0.2, 0) is 11.8 Å². The zero-order valence-corrected chi connectivity index (χ0v) is 9.37. The lowest BCUT2D eigenvalue weighted by Gasteiger charge is -1.99. The molecule has 0 bridgehead atoms. The van der Waals surface area contributed by atoms with Crippen LogP contribution in [0.2, 0.25) is 0 Å². The van der Waals surface area contributed by atoms with E-state index < -0.39 is 0 Å². The van der Waals surface area contributed by atoms with E-state index in [1.807, 2.05) is 19.2 Å². The predicted octanol–water partition coefficient (Wildman–Crippen LogP) is 1.47. The normalized spacial score (nSPS) is 10.6. The van der Waals surface area contributed by atoms with Gasteiger partial charge in [-0.15, -0.1) is 0 Å². The quantitative estimate of drug-likeness (QED) is 0.809. The average Bonchev–Trinajstić information content (AvgIpc) is 2.74. The zero-order valence-electron chi connectivity index (χ0n) is 9.37. The summed E-state index contributed by atoms with van der Waals surface area (Å²) in [7, 11) is 1.82. The first-order chi connectivity index (χ1) is 8.25. The van der Waals surface area contributed by atoms with E-state index in [1.165, 1.54) is 6.08 Å². The third-order valence-corrected chi connectivity index (χ3v) is 2.18. The van der Waals surface area contributed by atoms with Gasteiger partial charge in [-0.25, -0.2) is 4.98 Å². The number of amides is 1. The zero-order chi connectivity index (χ0) is 12.1. The lowest BCUT2D eigenvalue weighted by molar-refractivity contribution is -0.111. The summed E-state index contributed by atoms with van der Waals surface area (Å²) in [4.78, 5) is 15.5. The second-order valence-corrected chi connectivity index (χ2v) is 3.42. The maximum atomic E-state index is 11.6. The molecular formula is C12H12N4O. The molecule has 17 heavy (non-hydrogen) atoms. The molecule has 86 valence electrons. The van der Waals surface area contributed by atoms with Crippen LogP contribution in [0.5, 0.6) is 0 Å². The Morgan fingerprint density at radius 1 is 1.35 bits per heavy atom. The second-order valence-electron chi connectivity index (χ2n) is 3.42. The predicted molar refractivity (Wildman–Crippen MR) is 65.1 cm³/mol. The molecule has 0 fully saturated rings. The Hall–Kier alpha value is -2.43. The lowest BCUT2D eigenvalue weighted by atomic mass is 10.3. The highest BCUT2D eigenvalue weighted by atomic mass is 16.1. The summed E-state index contributed by atoms with van der Waals surface area (Å²) in [6.07, 6.45) is 6.45. The Morgan fingerprint density at radius 2 is 2.24 bits per heavy atom. The van der Waals surface area contributed by atoms with Crippen molar-refractivity contribution in [1.82, 2.24) is 14.8 Å². The van der Waals surface area contributed by atoms with E-state index >= 15 is 0 Å². The van der Waals surface area contributed by atoms with Crippen molar-refractivity contribution in [2.24, 2.45) is 7.05 Å². The summed E-state index contributed by atoms with van der Waals surface area (Å²) in [6.45, 7) is 0.